The molecule has 138 valence electrons. The summed E-state index contributed by atoms with van der Waals surface area (Å²) in [5.41, 5.74) is 1.99. The zero-order chi connectivity index (χ0) is 19.2. The van der Waals surface area contributed by atoms with Crippen LogP contribution in [0.2, 0.25) is 0 Å². The molecule has 9 nitrogen and oxygen atoms in total. The molecule has 0 saturated carbocycles. The van der Waals surface area contributed by atoms with E-state index in [1.54, 1.807) is 49.0 Å². The third kappa shape index (κ3) is 4.66. The Morgan fingerprint density at radius 1 is 1.00 bits per heavy atom. The van der Waals surface area contributed by atoms with E-state index in [1.807, 2.05) is 24.3 Å². The van der Waals surface area contributed by atoms with E-state index in [4.69, 9.17) is 0 Å². The number of urea groups is 1. The fourth-order valence-electron chi connectivity index (χ4n) is 2.41. The van der Waals surface area contributed by atoms with Crippen molar-refractivity contribution in [3.05, 3.63) is 54.6 Å². The SMILES string of the molecule is C[C@H](NC(=O)Nc1ccccc1)C(=O)Nc1cccc(-c2nnnn2C)c1. The highest BCUT2D eigenvalue weighted by atomic mass is 16.2. The molecule has 0 fully saturated rings. The molecule has 3 rings (SSSR count). The molecule has 0 saturated heterocycles. The molecule has 3 aromatic rings. The Bertz CT molecular complexity index is 940. The highest BCUT2D eigenvalue weighted by molar-refractivity contribution is 5.99. The number of amides is 3. The monoisotopic (exact) mass is 365 g/mol. The second-order valence-corrected chi connectivity index (χ2v) is 5.88. The maximum absolute atomic E-state index is 12.4. The van der Waals surface area contributed by atoms with Crippen molar-refractivity contribution in [2.45, 2.75) is 13.0 Å². The average Bonchev–Trinajstić information content (AvgIpc) is 3.08. The van der Waals surface area contributed by atoms with E-state index in [0.29, 0.717) is 17.2 Å². The van der Waals surface area contributed by atoms with Gasteiger partial charge in [0.25, 0.3) is 0 Å². The van der Waals surface area contributed by atoms with Gasteiger partial charge in [-0.25, -0.2) is 9.48 Å². The third-order valence-electron chi connectivity index (χ3n) is 3.78. The number of hydrogen-bond donors (Lipinski definition) is 3. The van der Waals surface area contributed by atoms with Crippen LogP contribution in [0.15, 0.2) is 54.6 Å². The van der Waals surface area contributed by atoms with Crippen LogP contribution in [0.5, 0.6) is 0 Å². The zero-order valence-electron chi connectivity index (χ0n) is 14.9. The van der Waals surface area contributed by atoms with E-state index in [1.165, 1.54) is 0 Å². The van der Waals surface area contributed by atoms with Gasteiger partial charge in [-0.1, -0.05) is 30.3 Å². The Balaban J connectivity index is 1.60. The average molecular weight is 365 g/mol. The maximum atomic E-state index is 12.4. The minimum atomic E-state index is -0.728. The standard InChI is InChI=1S/C18H19N7O2/c1-12(19-18(27)21-14-8-4-3-5-9-14)17(26)20-15-10-6-7-13(11-15)16-22-23-24-25(16)2/h3-12H,1-2H3,(H,20,26)(H2,19,21,27)/t12-/m0/s1. The van der Waals surface area contributed by atoms with Crippen LogP contribution in [0.3, 0.4) is 0 Å². The minimum absolute atomic E-state index is 0.341. The van der Waals surface area contributed by atoms with Gasteiger partial charge in [0.2, 0.25) is 5.91 Å². The van der Waals surface area contributed by atoms with Gasteiger partial charge in [-0.15, -0.1) is 5.10 Å². The summed E-state index contributed by atoms with van der Waals surface area (Å²) in [6, 6.07) is 15.0. The van der Waals surface area contributed by atoms with E-state index >= 15 is 0 Å². The molecule has 2 aromatic carbocycles. The van der Waals surface area contributed by atoms with Crippen molar-refractivity contribution in [3.63, 3.8) is 0 Å². The Hall–Kier alpha value is -3.75. The summed E-state index contributed by atoms with van der Waals surface area (Å²) in [5, 5.41) is 19.4. The van der Waals surface area contributed by atoms with Crippen LogP contribution in [0, 0.1) is 0 Å². The predicted molar refractivity (Wildman–Crippen MR) is 101 cm³/mol. The highest BCUT2D eigenvalue weighted by Gasteiger charge is 2.16. The number of nitrogens with zero attached hydrogens (tertiary/aromatic N) is 4. The van der Waals surface area contributed by atoms with Gasteiger partial charge in [0, 0.05) is 24.0 Å². The molecule has 27 heavy (non-hydrogen) atoms. The number of carbonyl (C=O) groups excluding carboxylic acids is 2. The molecular weight excluding hydrogens is 346 g/mol. The Labute approximate surface area is 155 Å². The summed E-state index contributed by atoms with van der Waals surface area (Å²) in [5.74, 6) is 0.242. The van der Waals surface area contributed by atoms with Crippen molar-refractivity contribution < 1.29 is 9.59 Å². The van der Waals surface area contributed by atoms with Crippen LogP contribution in [0.25, 0.3) is 11.4 Å². The number of anilines is 2. The summed E-state index contributed by atoms with van der Waals surface area (Å²) in [6.07, 6.45) is 0. The number of aromatic nitrogens is 4. The molecule has 3 N–H and O–H groups in total. The molecule has 0 unspecified atom stereocenters. The lowest BCUT2D eigenvalue weighted by molar-refractivity contribution is -0.117. The van der Waals surface area contributed by atoms with Crippen LogP contribution in [-0.4, -0.2) is 38.2 Å². The lowest BCUT2D eigenvalue weighted by Gasteiger charge is -2.15. The molecular formula is C18H19N7O2. The first-order valence-electron chi connectivity index (χ1n) is 8.29. The molecule has 0 bridgehead atoms. The first-order chi connectivity index (χ1) is 13.0. The summed E-state index contributed by atoms with van der Waals surface area (Å²) < 4.78 is 1.54. The molecule has 9 heteroatoms. The number of para-hydroxylation sites is 1. The van der Waals surface area contributed by atoms with Gasteiger partial charge in [-0.05, 0) is 41.6 Å². The van der Waals surface area contributed by atoms with Gasteiger partial charge in [0.05, 0.1) is 0 Å². The fourth-order valence-corrected chi connectivity index (χ4v) is 2.41. The van der Waals surface area contributed by atoms with Crippen molar-refractivity contribution in [2.75, 3.05) is 10.6 Å². The number of rotatable bonds is 5. The van der Waals surface area contributed by atoms with Crippen molar-refractivity contribution in [2.24, 2.45) is 7.05 Å². The summed E-state index contributed by atoms with van der Waals surface area (Å²) in [6.45, 7) is 1.61. The van der Waals surface area contributed by atoms with Crippen molar-refractivity contribution in [1.29, 1.82) is 0 Å². The van der Waals surface area contributed by atoms with Gasteiger partial charge >= 0.3 is 6.03 Å². The zero-order valence-corrected chi connectivity index (χ0v) is 14.9. The van der Waals surface area contributed by atoms with Gasteiger partial charge < -0.3 is 16.0 Å². The largest absolute Gasteiger partial charge is 0.326 e. The predicted octanol–water partition coefficient (Wildman–Crippen LogP) is 2.03. The minimum Gasteiger partial charge on any atom is -0.326 e. The van der Waals surface area contributed by atoms with E-state index in [2.05, 4.69) is 31.5 Å². The second kappa shape index (κ2) is 8.09. The molecule has 1 aromatic heterocycles. The lowest BCUT2D eigenvalue weighted by atomic mass is 10.2. The normalized spacial score (nSPS) is 11.5. The molecule has 0 aliphatic rings. The van der Waals surface area contributed by atoms with E-state index in [-0.39, 0.29) is 5.91 Å². The number of tetrazole rings is 1. The van der Waals surface area contributed by atoms with Crippen LogP contribution in [0.4, 0.5) is 16.2 Å². The molecule has 0 spiro atoms. The number of nitrogens with one attached hydrogen (secondary N) is 3. The highest BCUT2D eigenvalue weighted by Crippen LogP contribution is 2.19. The summed E-state index contributed by atoms with van der Waals surface area (Å²) in [7, 11) is 1.73. The van der Waals surface area contributed by atoms with Gasteiger partial charge in [-0.3, -0.25) is 4.79 Å². The summed E-state index contributed by atoms with van der Waals surface area (Å²) >= 11 is 0. The van der Waals surface area contributed by atoms with Gasteiger partial charge in [-0.2, -0.15) is 0 Å². The topological polar surface area (TPSA) is 114 Å². The Kier molecular flexibility index (Phi) is 5.41. The first-order valence-corrected chi connectivity index (χ1v) is 8.29. The van der Waals surface area contributed by atoms with Crippen molar-refractivity contribution in [1.82, 2.24) is 25.5 Å². The molecule has 0 aliphatic carbocycles. The molecule has 3 amide bonds. The molecule has 1 heterocycles. The van der Waals surface area contributed by atoms with Crippen LogP contribution >= 0.6 is 0 Å². The van der Waals surface area contributed by atoms with E-state index in [9.17, 15) is 9.59 Å². The Morgan fingerprint density at radius 2 is 1.74 bits per heavy atom. The maximum Gasteiger partial charge on any atom is 0.319 e. The lowest BCUT2D eigenvalue weighted by Crippen LogP contribution is -2.43. The van der Waals surface area contributed by atoms with Crippen LogP contribution < -0.4 is 16.0 Å². The molecule has 1 atom stereocenters. The van der Waals surface area contributed by atoms with E-state index < -0.39 is 12.1 Å². The van der Waals surface area contributed by atoms with E-state index in [0.717, 1.165) is 5.56 Å². The van der Waals surface area contributed by atoms with Crippen LogP contribution in [0.1, 0.15) is 6.92 Å². The first kappa shape index (κ1) is 18.1. The number of aryl methyl sites for hydroxylation is 1. The molecule has 0 radical (unpaired) electrons. The van der Waals surface area contributed by atoms with Gasteiger partial charge in [0.15, 0.2) is 5.82 Å². The fraction of sp³-hybridized carbons (Fsp3) is 0.167. The number of carbonyl (C=O) groups is 2. The smallest absolute Gasteiger partial charge is 0.319 e. The number of benzene rings is 2. The summed E-state index contributed by atoms with van der Waals surface area (Å²) in [4.78, 5) is 24.4. The Morgan fingerprint density at radius 3 is 2.44 bits per heavy atom. The number of hydrogen-bond acceptors (Lipinski definition) is 5. The second-order valence-electron chi connectivity index (χ2n) is 5.88. The van der Waals surface area contributed by atoms with Crippen LogP contribution in [-0.2, 0) is 11.8 Å². The quantitative estimate of drug-likeness (QED) is 0.640. The van der Waals surface area contributed by atoms with Crippen molar-refractivity contribution in [3.8, 4) is 11.4 Å². The molecule has 0 aliphatic heterocycles. The van der Waals surface area contributed by atoms with Gasteiger partial charge in [0.1, 0.15) is 6.04 Å². The van der Waals surface area contributed by atoms with Crippen molar-refractivity contribution >= 4 is 23.3 Å². The third-order valence-corrected chi connectivity index (χ3v) is 3.78.